The SMILES string of the molecule is Cc1nc2ccc(Cl)cn2c1CC(=O)O.Cl. The lowest BCUT2D eigenvalue weighted by Crippen LogP contribution is -2.04. The van der Waals surface area contributed by atoms with Gasteiger partial charge in [0.15, 0.2) is 0 Å². The van der Waals surface area contributed by atoms with Gasteiger partial charge < -0.3 is 9.51 Å². The summed E-state index contributed by atoms with van der Waals surface area (Å²) in [5.41, 5.74) is 2.10. The number of carbonyl (C=O) groups is 1. The number of nitrogens with zero attached hydrogens (tertiary/aromatic N) is 2. The molecule has 2 aromatic rings. The predicted molar refractivity (Wildman–Crippen MR) is 63.5 cm³/mol. The zero-order valence-electron chi connectivity index (χ0n) is 8.48. The number of imidazole rings is 1. The summed E-state index contributed by atoms with van der Waals surface area (Å²) in [7, 11) is 0. The topological polar surface area (TPSA) is 54.6 Å². The van der Waals surface area contributed by atoms with Gasteiger partial charge in [0.25, 0.3) is 0 Å². The molecule has 0 atom stereocenters. The van der Waals surface area contributed by atoms with Crippen molar-refractivity contribution in [1.29, 1.82) is 0 Å². The Kier molecular flexibility index (Phi) is 3.78. The Morgan fingerprint density at radius 1 is 1.56 bits per heavy atom. The average Bonchev–Trinajstić information content (AvgIpc) is 2.43. The molecule has 0 aliphatic rings. The maximum atomic E-state index is 10.7. The van der Waals surface area contributed by atoms with Crippen molar-refractivity contribution in [2.75, 3.05) is 0 Å². The molecule has 16 heavy (non-hydrogen) atoms. The van der Waals surface area contributed by atoms with Crippen molar-refractivity contribution in [2.24, 2.45) is 0 Å². The second-order valence-electron chi connectivity index (χ2n) is 3.29. The smallest absolute Gasteiger partial charge is 0.309 e. The summed E-state index contributed by atoms with van der Waals surface area (Å²) in [6, 6.07) is 3.49. The molecule has 0 spiro atoms. The highest BCUT2D eigenvalue weighted by Crippen LogP contribution is 2.16. The van der Waals surface area contributed by atoms with Gasteiger partial charge in [0.05, 0.1) is 22.8 Å². The Hall–Kier alpha value is -1.26. The molecule has 0 bridgehead atoms. The largest absolute Gasteiger partial charge is 0.481 e. The van der Waals surface area contributed by atoms with Crippen LogP contribution >= 0.6 is 24.0 Å². The van der Waals surface area contributed by atoms with Crippen LogP contribution in [0.15, 0.2) is 18.3 Å². The Bertz CT molecular complexity index is 537. The zero-order valence-corrected chi connectivity index (χ0v) is 10.0. The van der Waals surface area contributed by atoms with Gasteiger partial charge in [0.1, 0.15) is 5.65 Å². The number of carboxylic acid groups (broad SMARTS) is 1. The van der Waals surface area contributed by atoms with Crippen LogP contribution in [-0.4, -0.2) is 20.5 Å². The summed E-state index contributed by atoms with van der Waals surface area (Å²) in [5.74, 6) is -0.875. The number of aryl methyl sites for hydroxylation is 1. The van der Waals surface area contributed by atoms with Gasteiger partial charge in [-0.3, -0.25) is 4.79 Å². The van der Waals surface area contributed by atoms with Crippen LogP contribution in [0.2, 0.25) is 5.02 Å². The van der Waals surface area contributed by atoms with Crippen molar-refractivity contribution in [3.8, 4) is 0 Å². The molecule has 6 heteroatoms. The van der Waals surface area contributed by atoms with E-state index in [1.807, 2.05) is 0 Å². The number of aromatic nitrogens is 2. The summed E-state index contributed by atoms with van der Waals surface area (Å²) >= 11 is 5.84. The molecule has 0 aromatic carbocycles. The molecule has 2 rings (SSSR count). The number of hydrogen-bond acceptors (Lipinski definition) is 2. The van der Waals surface area contributed by atoms with E-state index < -0.39 is 5.97 Å². The number of halogens is 2. The van der Waals surface area contributed by atoms with Crippen molar-refractivity contribution in [2.45, 2.75) is 13.3 Å². The highest BCUT2D eigenvalue weighted by atomic mass is 35.5. The molecular weight excluding hydrogens is 251 g/mol. The molecule has 0 fully saturated rings. The Balaban J connectivity index is 0.00000128. The van der Waals surface area contributed by atoms with Crippen LogP contribution in [0.25, 0.3) is 5.65 Å². The normalized spacial score (nSPS) is 10.1. The van der Waals surface area contributed by atoms with Crippen molar-refractivity contribution in [3.63, 3.8) is 0 Å². The summed E-state index contributed by atoms with van der Waals surface area (Å²) in [6.45, 7) is 1.79. The lowest BCUT2D eigenvalue weighted by Gasteiger charge is -1.99. The highest BCUT2D eigenvalue weighted by Gasteiger charge is 2.11. The van der Waals surface area contributed by atoms with E-state index in [0.717, 1.165) is 5.69 Å². The van der Waals surface area contributed by atoms with Gasteiger partial charge in [-0.1, -0.05) is 11.6 Å². The van der Waals surface area contributed by atoms with E-state index in [-0.39, 0.29) is 18.8 Å². The molecule has 2 aromatic heterocycles. The predicted octanol–water partition coefficient (Wildman–Crippen LogP) is 2.35. The first kappa shape index (κ1) is 12.8. The molecule has 4 nitrogen and oxygen atoms in total. The minimum Gasteiger partial charge on any atom is -0.481 e. The average molecular weight is 261 g/mol. The summed E-state index contributed by atoms with van der Waals surface area (Å²) in [4.78, 5) is 14.9. The molecule has 2 heterocycles. The van der Waals surface area contributed by atoms with Crippen molar-refractivity contribution in [1.82, 2.24) is 9.38 Å². The second-order valence-corrected chi connectivity index (χ2v) is 3.73. The third-order valence-electron chi connectivity index (χ3n) is 2.20. The van der Waals surface area contributed by atoms with Crippen LogP contribution < -0.4 is 0 Å². The third kappa shape index (κ3) is 2.28. The number of hydrogen-bond donors (Lipinski definition) is 1. The summed E-state index contributed by atoms with van der Waals surface area (Å²) in [6.07, 6.45) is 1.63. The van der Waals surface area contributed by atoms with E-state index in [1.165, 1.54) is 0 Å². The van der Waals surface area contributed by atoms with Gasteiger partial charge >= 0.3 is 5.97 Å². The first-order valence-electron chi connectivity index (χ1n) is 4.43. The number of aliphatic carboxylic acids is 1. The van der Waals surface area contributed by atoms with E-state index in [9.17, 15) is 4.79 Å². The molecule has 86 valence electrons. The Morgan fingerprint density at radius 3 is 2.88 bits per heavy atom. The first-order valence-corrected chi connectivity index (χ1v) is 4.80. The van der Waals surface area contributed by atoms with E-state index in [1.54, 1.807) is 29.7 Å². The lowest BCUT2D eigenvalue weighted by atomic mass is 10.2. The van der Waals surface area contributed by atoms with E-state index >= 15 is 0 Å². The molecule has 0 saturated carbocycles. The number of fused-ring (bicyclic) bond motifs is 1. The van der Waals surface area contributed by atoms with Gasteiger partial charge in [0, 0.05) is 6.20 Å². The van der Waals surface area contributed by atoms with Crippen molar-refractivity contribution < 1.29 is 9.90 Å². The lowest BCUT2D eigenvalue weighted by molar-refractivity contribution is -0.136. The van der Waals surface area contributed by atoms with Crippen LogP contribution in [0, 0.1) is 6.92 Å². The molecule has 0 radical (unpaired) electrons. The van der Waals surface area contributed by atoms with Crippen LogP contribution in [0.3, 0.4) is 0 Å². The van der Waals surface area contributed by atoms with E-state index in [0.29, 0.717) is 16.4 Å². The third-order valence-corrected chi connectivity index (χ3v) is 2.42. The number of rotatable bonds is 2. The van der Waals surface area contributed by atoms with Crippen LogP contribution in [0.1, 0.15) is 11.4 Å². The molecule has 0 amide bonds. The minimum absolute atomic E-state index is 0. The summed E-state index contributed by atoms with van der Waals surface area (Å²) < 4.78 is 1.71. The van der Waals surface area contributed by atoms with Gasteiger partial charge in [-0.15, -0.1) is 12.4 Å². The standard InChI is InChI=1S/C10H9ClN2O2.ClH/c1-6-8(4-10(14)15)13-5-7(11)2-3-9(13)12-6;/h2-3,5H,4H2,1H3,(H,14,15);1H. The van der Waals surface area contributed by atoms with E-state index in [2.05, 4.69) is 4.98 Å². The van der Waals surface area contributed by atoms with Gasteiger partial charge in [-0.2, -0.15) is 0 Å². The monoisotopic (exact) mass is 260 g/mol. The molecule has 0 aliphatic carbocycles. The Morgan fingerprint density at radius 2 is 2.25 bits per heavy atom. The fourth-order valence-electron chi connectivity index (χ4n) is 1.54. The quantitative estimate of drug-likeness (QED) is 0.902. The molecule has 0 saturated heterocycles. The van der Waals surface area contributed by atoms with Gasteiger partial charge in [-0.05, 0) is 19.1 Å². The van der Waals surface area contributed by atoms with Crippen LogP contribution in [0.4, 0.5) is 0 Å². The van der Waals surface area contributed by atoms with Crippen molar-refractivity contribution >= 4 is 35.6 Å². The van der Waals surface area contributed by atoms with E-state index in [4.69, 9.17) is 16.7 Å². The first-order chi connectivity index (χ1) is 7.08. The fraction of sp³-hybridized carbons (Fsp3) is 0.200. The highest BCUT2D eigenvalue weighted by molar-refractivity contribution is 6.30. The molecule has 0 aliphatic heterocycles. The van der Waals surface area contributed by atoms with Crippen molar-refractivity contribution in [3.05, 3.63) is 34.7 Å². The summed E-state index contributed by atoms with van der Waals surface area (Å²) in [5, 5.41) is 9.33. The van der Waals surface area contributed by atoms with Crippen LogP contribution in [-0.2, 0) is 11.2 Å². The van der Waals surface area contributed by atoms with Gasteiger partial charge in [0.2, 0.25) is 0 Å². The zero-order chi connectivity index (χ0) is 11.0. The number of carboxylic acids is 1. The molecule has 1 N–H and O–H groups in total. The second kappa shape index (κ2) is 4.72. The number of pyridine rings is 1. The Labute approximate surface area is 103 Å². The molecular formula is C10H10Cl2N2O2. The van der Waals surface area contributed by atoms with Crippen LogP contribution in [0.5, 0.6) is 0 Å². The van der Waals surface area contributed by atoms with Gasteiger partial charge in [-0.25, -0.2) is 4.98 Å². The maximum Gasteiger partial charge on any atom is 0.309 e. The maximum absolute atomic E-state index is 10.7. The molecule has 0 unspecified atom stereocenters. The fourth-order valence-corrected chi connectivity index (χ4v) is 1.70. The minimum atomic E-state index is -0.875.